The van der Waals surface area contributed by atoms with Gasteiger partial charge in [0.25, 0.3) is 0 Å². The largest absolute Gasteiger partial charge is 0.481 e. The Morgan fingerprint density at radius 3 is 3.25 bits per heavy atom. The molecule has 2 rings (SSSR count). The Bertz CT molecular complexity index is 375. The molecular formula is C11H14N2O3. The first-order valence-electron chi connectivity index (χ1n) is 5.25. The molecule has 1 saturated heterocycles. The number of pyridine rings is 1. The molecule has 1 aliphatic rings. The Kier molecular flexibility index (Phi) is 3.48. The smallest absolute Gasteiger partial charge is 0.307 e. The molecule has 1 unspecified atom stereocenters. The second-order valence-corrected chi connectivity index (χ2v) is 3.68. The summed E-state index contributed by atoms with van der Waals surface area (Å²) in [7, 11) is 0. The fourth-order valence-electron chi connectivity index (χ4n) is 1.79. The van der Waals surface area contributed by atoms with E-state index in [9.17, 15) is 4.79 Å². The third kappa shape index (κ3) is 2.56. The van der Waals surface area contributed by atoms with Gasteiger partial charge in [-0.05, 0) is 11.6 Å². The van der Waals surface area contributed by atoms with Gasteiger partial charge in [0.05, 0.1) is 18.7 Å². The van der Waals surface area contributed by atoms with Crippen molar-refractivity contribution in [3.05, 3.63) is 29.6 Å². The minimum absolute atomic E-state index is 0.0109. The van der Waals surface area contributed by atoms with Crippen molar-refractivity contribution in [1.29, 1.82) is 0 Å². The van der Waals surface area contributed by atoms with Gasteiger partial charge in [-0.3, -0.25) is 9.78 Å². The maximum absolute atomic E-state index is 10.7. The number of nitrogens with one attached hydrogen (secondary N) is 1. The van der Waals surface area contributed by atoms with Crippen LogP contribution in [0.4, 0.5) is 0 Å². The maximum atomic E-state index is 10.7. The fraction of sp³-hybridized carbons (Fsp3) is 0.455. The summed E-state index contributed by atoms with van der Waals surface area (Å²) in [4.78, 5) is 14.9. The predicted octanol–water partition coefficient (Wildman–Crippen LogP) is 0.370. The van der Waals surface area contributed by atoms with E-state index in [0.29, 0.717) is 13.2 Å². The SMILES string of the molecule is O=C(O)Cc1cccnc1C1CNCCO1. The average Bonchev–Trinajstić information content (AvgIpc) is 2.30. The topological polar surface area (TPSA) is 71.5 Å². The number of hydrogen-bond donors (Lipinski definition) is 2. The monoisotopic (exact) mass is 222 g/mol. The van der Waals surface area contributed by atoms with Crippen LogP contribution in [0.5, 0.6) is 0 Å². The summed E-state index contributed by atoms with van der Waals surface area (Å²) in [6.45, 7) is 2.15. The van der Waals surface area contributed by atoms with Gasteiger partial charge >= 0.3 is 5.97 Å². The Labute approximate surface area is 93.5 Å². The third-order valence-electron chi connectivity index (χ3n) is 2.50. The van der Waals surface area contributed by atoms with Gasteiger partial charge in [0, 0.05) is 19.3 Å². The Morgan fingerprint density at radius 1 is 1.69 bits per heavy atom. The van der Waals surface area contributed by atoms with Crippen LogP contribution in [0.25, 0.3) is 0 Å². The van der Waals surface area contributed by atoms with Gasteiger partial charge in [-0.15, -0.1) is 0 Å². The van der Waals surface area contributed by atoms with Gasteiger partial charge in [-0.25, -0.2) is 0 Å². The second kappa shape index (κ2) is 5.05. The molecule has 0 amide bonds. The summed E-state index contributed by atoms with van der Waals surface area (Å²) in [6.07, 6.45) is 1.52. The molecule has 1 atom stereocenters. The van der Waals surface area contributed by atoms with E-state index in [1.807, 2.05) is 0 Å². The van der Waals surface area contributed by atoms with Crippen LogP contribution >= 0.6 is 0 Å². The fourth-order valence-corrected chi connectivity index (χ4v) is 1.79. The van der Waals surface area contributed by atoms with E-state index in [-0.39, 0.29) is 12.5 Å². The highest BCUT2D eigenvalue weighted by atomic mass is 16.5. The number of morpholine rings is 1. The van der Waals surface area contributed by atoms with E-state index in [1.54, 1.807) is 18.3 Å². The molecule has 1 aromatic rings. The zero-order chi connectivity index (χ0) is 11.4. The third-order valence-corrected chi connectivity index (χ3v) is 2.50. The second-order valence-electron chi connectivity index (χ2n) is 3.68. The molecule has 2 heterocycles. The van der Waals surface area contributed by atoms with Crippen LogP contribution < -0.4 is 5.32 Å². The van der Waals surface area contributed by atoms with Gasteiger partial charge in [0.2, 0.25) is 0 Å². The molecule has 86 valence electrons. The van der Waals surface area contributed by atoms with Crippen LogP contribution in [-0.4, -0.2) is 35.8 Å². The normalized spacial score (nSPS) is 20.6. The van der Waals surface area contributed by atoms with E-state index in [0.717, 1.165) is 17.8 Å². The predicted molar refractivity (Wildman–Crippen MR) is 57.1 cm³/mol. The summed E-state index contributed by atoms with van der Waals surface area (Å²) in [5.41, 5.74) is 1.46. The van der Waals surface area contributed by atoms with Crippen LogP contribution in [0.2, 0.25) is 0 Å². The van der Waals surface area contributed by atoms with Crippen molar-refractivity contribution in [3.8, 4) is 0 Å². The number of aliphatic carboxylic acids is 1. The van der Waals surface area contributed by atoms with Crippen molar-refractivity contribution in [3.63, 3.8) is 0 Å². The van der Waals surface area contributed by atoms with Gasteiger partial charge in [0.1, 0.15) is 6.10 Å². The van der Waals surface area contributed by atoms with Crippen LogP contribution in [0.3, 0.4) is 0 Å². The van der Waals surface area contributed by atoms with Crippen molar-refractivity contribution in [2.24, 2.45) is 0 Å². The highest BCUT2D eigenvalue weighted by Gasteiger charge is 2.20. The minimum Gasteiger partial charge on any atom is -0.481 e. The van der Waals surface area contributed by atoms with Gasteiger partial charge in [0.15, 0.2) is 0 Å². The van der Waals surface area contributed by atoms with E-state index in [2.05, 4.69) is 10.3 Å². The zero-order valence-corrected chi connectivity index (χ0v) is 8.85. The van der Waals surface area contributed by atoms with Crippen molar-refractivity contribution in [2.45, 2.75) is 12.5 Å². The van der Waals surface area contributed by atoms with E-state index in [1.165, 1.54) is 0 Å². The lowest BCUT2D eigenvalue weighted by molar-refractivity contribution is -0.136. The van der Waals surface area contributed by atoms with Crippen molar-refractivity contribution in [1.82, 2.24) is 10.3 Å². The van der Waals surface area contributed by atoms with Gasteiger partial charge < -0.3 is 15.2 Å². The highest BCUT2D eigenvalue weighted by Crippen LogP contribution is 2.20. The minimum atomic E-state index is -0.849. The number of carboxylic acid groups (broad SMARTS) is 1. The summed E-state index contributed by atoms with van der Waals surface area (Å²) >= 11 is 0. The molecule has 0 aliphatic carbocycles. The highest BCUT2D eigenvalue weighted by molar-refractivity contribution is 5.70. The van der Waals surface area contributed by atoms with Crippen molar-refractivity contribution < 1.29 is 14.6 Å². The van der Waals surface area contributed by atoms with E-state index < -0.39 is 5.97 Å². The van der Waals surface area contributed by atoms with E-state index in [4.69, 9.17) is 9.84 Å². The molecule has 1 aliphatic heterocycles. The molecule has 5 heteroatoms. The molecule has 0 saturated carbocycles. The maximum Gasteiger partial charge on any atom is 0.307 e. The number of rotatable bonds is 3. The molecule has 1 fully saturated rings. The molecule has 0 radical (unpaired) electrons. The number of ether oxygens (including phenoxy) is 1. The first kappa shape index (κ1) is 11.0. The van der Waals surface area contributed by atoms with Gasteiger partial charge in [-0.2, -0.15) is 0 Å². The number of carbonyl (C=O) groups is 1. The number of carboxylic acids is 1. The van der Waals surface area contributed by atoms with Crippen LogP contribution in [0.1, 0.15) is 17.4 Å². The zero-order valence-electron chi connectivity index (χ0n) is 8.85. The standard InChI is InChI=1S/C11H14N2O3/c14-10(15)6-8-2-1-3-13-11(8)9-7-12-4-5-16-9/h1-3,9,12H,4-7H2,(H,14,15). The summed E-state index contributed by atoms with van der Waals surface area (Å²) < 4.78 is 5.57. The van der Waals surface area contributed by atoms with Crippen LogP contribution in [-0.2, 0) is 16.0 Å². The first-order valence-corrected chi connectivity index (χ1v) is 5.25. The Hall–Kier alpha value is -1.46. The van der Waals surface area contributed by atoms with Crippen molar-refractivity contribution in [2.75, 3.05) is 19.7 Å². The first-order chi connectivity index (χ1) is 7.77. The molecule has 1 aromatic heterocycles. The summed E-state index contributed by atoms with van der Waals surface area (Å²) in [5.74, 6) is -0.849. The number of aromatic nitrogens is 1. The molecular weight excluding hydrogens is 208 g/mol. The lowest BCUT2D eigenvalue weighted by Gasteiger charge is -2.24. The molecule has 5 nitrogen and oxygen atoms in total. The number of hydrogen-bond acceptors (Lipinski definition) is 4. The summed E-state index contributed by atoms with van der Waals surface area (Å²) in [6, 6.07) is 3.53. The van der Waals surface area contributed by atoms with Crippen LogP contribution in [0.15, 0.2) is 18.3 Å². The molecule has 16 heavy (non-hydrogen) atoms. The molecule has 0 aromatic carbocycles. The van der Waals surface area contributed by atoms with Crippen LogP contribution in [0, 0.1) is 0 Å². The molecule has 0 bridgehead atoms. The Morgan fingerprint density at radius 2 is 2.56 bits per heavy atom. The lowest BCUT2D eigenvalue weighted by Crippen LogP contribution is -2.34. The summed E-state index contributed by atoms with van der Waals surface area (Å²) in [5, 5.41) is 12.0. The lowest BCUT2D eigenvalue weighted by atomic mass is 10.1. The van der Waals surface area contributed by atoms with E-state index >= 15 is 0 Å². The average molecular weight is 222 g/mol. The molecule has 0 spiro atoms. The molecule has 2 N–H and O–H groups in total. The Balaban J connectivity index is 2.20. The quantitative estimate of drug-likeness (QED) is 0.773. The van der Waals surface area contributed by atoms with Gasteiger partial charge in [-0.1, -0.05) is 6.07 Å². The van der Waals surface area contributed by atoms with Crippen molar-refractivity contribution >= 4 is 5.97 Å². The number of nitrogens with zero attached hydrogens (tertiary/aromatic N) is 1.